The molecule has 3 nitrogen and oxygen atoms in total. The molecule has 1 unspecified atom stereocenters. The monoisotopic (exact) mass is 305 g/mol. The number of rotatable bonds is 3. The molecule has 2 rings (SSSR count). The smallest absolute Gasteiger partial charge is 0.207 e. The highest BCUT2D eigenvalue weighted by molar-refractivity contribution is 7.89. The van der Waals surface area contributed by atoms with Crippen molar-refractivity contribution in [2.45, 2.75) is 38.6 Å². The summed E-state index contributed by atoms with van der Waals surface area (Å²) in [5.41, 5.74) is -0.119. The lowest BCUT2D eigenvalue weighted by atomic mass is 9.88. The SMILES string of the molecule is CC(N(C)S(=O)(=O)c1cccc2ccccc12)C(C)(C)C. The molecule has 0 aliphatic rings. The molecule has 0 fully saturated rings. The number of sulfonamides is 1. The van der Waals surface area contributed by atoms with Crippen molar-refractivity contribution in [3.63, 3.8) is 0 Å². The lowest BCUT2D eigenvalue weighted by Crippen LogP contribution is -2.42. The van der Waals surface area contributed by atoms with E-state index >= 15 is 0 Å². The van der Waals surface area contributed by atoms with Gasteiger partial charge < -0.3 is 0 Å². The predicted molar refractivity (Wildman–Crippen MR) is 87.8 cm³/mol. The lowest BCUT2D eigenvalue weighted by Gasteiger charge is -2.34. The van der Waals surface area contributed by atoms with Crippen LogP contribution in [0.5, 0.6) is 0 Å². The Hall–Kier alpha value is -1.39. The minimum absolute atomic E-state index is 0.0959. The van der Waals surface area contributed by atoms with Crippen LogP contribution in [0, 0.1) is 5.41 Å². The topological polar surface area (TPSA) is 37.4 Å². The minimum atomic E-state index is -3.51. The number of benzene rings is 2. The van der Waals surface area contributed by atoms with E-state index in [1.165, 1.54) is 4.31 Å². The van der Waals surface area contributed by atoms with Gasteiger partial charge in [0.1, 0.15) is 0 Å². The zero-order chi connectivity index (χ0) is 15.8. The normalized spacial score (nSPS) is 14.6. The van der Waals surface area contributed by atoms with Crippen LogP contribution in [-0.2, 0) is 10.0 Å². The fourth-order valence-corrected chi connectivity index (χ4v) is 4.09. The van der Waals surface area contributed by atoms with Crippen molar-refractivity contribution in [2.75, 3.05) is 7.05 Å². The second-order valence-corrected chi connectivity index (χ2v) is 8.51. The second-order valence-electron chi connectivity index (χ2n) is 6.54. The van der Waals surface area contributed by atoms with Crippen LogP contribution in [0.25, 0.3) is 10.8 Å². The Balaban J connectivity index is 2.57. The largest absolute Gasteiger partial charge is 0.243 e. The summed E-state index contributed by atoms with van der Waals surface area (Å²) in [4.78, 5) is 0.374. The second kappa shape index (κ2) is 5.43. The molecule has 0 saturated heterocycles. The number of hydrogen-bond acceptors (Lipinski definition) is 2. The average Bonchev–Trinajstić information content (AvgIpc) is 2.44. The number of nitrogens with zero attached hydrogens (tertiary/aromatic N) is 1. The fourth-order valence-electron chi connectivity index (χ4n) is 2.33. The summed E-state index contributed by atoms with van der Waals surface area (Å²) in [6.45, 7) is 8.09. The van der Waals surface area contributed by atoms with Crippen LogP contribution < -0.4 is 0 Å². The Kier molecular flexibility index (Phi) is 4.13. The first-order chi connectivity index (χ1) is 9.65. The van der Waals surface area contributed by atoms with Gasteiger partial charge in [0.15, 0.2) is 0 Å². The highest BCUT2D eigenvalue weighted by Crippen LogP contribution is 2.30. The van der Waals surface area contributed by atoms with E-state index in [1.54, 1.807) is 19.2 Å². The van der Waals surface area contributed by atoms with Gasteiger partial charge in [0.05, 0.1) is 4.90 Å². The van der Waals surface area contributed by atoms with E-state index in [9.17, 15) is 8.42 Å². The zero-order valence-electron chi connectivity index (χ0n) is 13.3. The van der Waals surface area contributed by atoms with E-state index in [0.717, 1.165) is 10.8 Å². The molecule has 0 saturated carbocycles. The standard InChI is InChI=1S/C17H23NO2S/c1-13(17(2,3)4)18(5)21(19,20)16-12-8-10-14-9-6-7-11-15(14)16/h6-13H,1-5H3. The van der Waals surface area contributed by atoms with Crippen molar-refractivity contribution in [1.82, 2.24) is 4.31 Å². The lowest BCUT2D eigenvalue weighted by molar-refractivity contribution is 0.216. The molecule has 4 heteroatoms. The minimum Gasteiger partial charge on any atom is -0.207 e. The van der Waals surface area contributed by atoms with Crippen molar-refractivity contribution in [3.05, 3.63) is 42.5 Å². The molecule has 0 bridgehead atoms. The molecule has 0 amide bonds. The Morgan fingerprint density at radius 3 is 2.19 bits per heavy atom. The summed E-state index contributed by atoms with van der Waals surface area (Å²) in [6.07, 6.45) is 0. The van der Waals surface area contributed by atoms with Crippen LogP contribution in [0.2, 0.25) is 0 Å². The van der Waals surface area contributed by atoms with Crippen LogP contribution >= 0.6 is 0 Å². The zero-order valence-corrected chi connectivity index (χ0v) is 14.1. The molecule has 114 valence electrons. The highest BCUT2D eigenvalue weighted by atomic mass is 32.2. The van der Waals surface area contributed by atoms with Gasteiger partial charge in [-0.1, -0.05) is 57.2 Å². The van der Waals surface area contributed by atoms with E-state index in [2.05, 4.69) is 0 Å². The molecular weight excluding hydrogens is 282 g/mol. The Morgan fingerprint density at radius 2 is 1.57 bits per heavy atom. The molecule has 0 aliphatic heterocycles. The van der Waals surface area contributed by atoms with Gasteiger partial charge in [0.2, 0.25) is 10.0 Å². The maximum Gasteiger partial charge on any atom is 0.243 e. The summed E-state index contributed by atoms with van der Waals surface area (Å²) in [7, 11) is -1.85. The van der Waals surface area contributed by atoms with Gasteiger partial charge in [-0.25, -0.2) is 8.42 Å². The van der Waals surface area contributed by atoms with Crippen molar-refractivity contribution in [1.29, 1.82) is 0 Å². The Labute approximate surface area is 127 Å². The van der Waals surface area contributed by atoms with Gasteiger partial charge in [-0.15, -0.1) is 0 Å². The van der Waals surface area contributed by atoms with Crippen LogP contribution in [0.15, 0.2) is 47.4 Å². The molecule has 21 heavy (non-hydrogen) atoms. The van der Waals surface area contributed by atoms with E-state index in [4.69, 9.17) is 0 Å². The highest BCUT2D eigenvalue weighted by Gasteiger charge is 2.33. The number of fused-ring (bicyclic) bond motifs is 1. The molecule has 0 heterocycles. The van der Waals surface area contributed by atoms with Crippen LogP contribution in [-0.4, -0.2) is 25.8 Å². The maximum absolute atomic E-state index is 13.0. The van der Waals surface area contributed by atoms with Gasteiger partial charge in [-0.3, -0.25) is 0 Å². The van der Waals surface area contributed by atoms with Gasteiger partial charge in [0.25, 0.3) is 0 Å². The number of hydrogen-bond donors (Lipinski definition) is 0. The van der Waals surface area contributed by atoms with Crippen molar-refractivity contribution in [2.24, 2.45) is 5.41 Å². The summed E-state index contributed by atoms with van der Waals surface area (Å²) in [5.74, 6) is 0. The quantitative estimate of drug-likeness (QED) is 0.862. The third-order valence-corrected chi connectivity index (χ3v) is 6.19. The molecule has 0 aromatic heterocycles. The Bertz CT molecular complexity index is 739. The molecule has 0 aliphatic carbocycles. The van der Waals surface area contributed by atoms with Gasteiger partial charge in [0, 0.05) is 18.5 Å². The average molecular weight is 305 g/mol. The van der Waals surface area contributed by atoms with E-state index in [1.807, 2.05) is 58.0 Å². The van der Waals surface area contributed by atoms with Gasteiger partial charge in [-0.05, 0) is 23.8 Å². The molecule has 1 atom stereocenters. The summed E-state index contributed by atoms with van der Waals surface area (Å²) in [6, 6.07) is 12.9. The van der Waals surface area contributed by atoms with Crippen LogP contribution in [0.3, 0.4) is 0 Å². The van der Waals surface area contributed by atoms with E-state index in [0.29, 0.717) is 4.90 Å². The maximum atomic E-state index is 13.0. The first-order valence-electron chi connectivity index (χ1n) is 7.11. The summed E-state index contributed by atoms with van der Waals surface area (Å²) in [5, 5.41) is 1.71. The fraction of sp³-hybridized carbons (Fsp3) is 0.412. The van der Waals surface area contributed by atoms with E-state index in [-0.39, 0.29) is 11.5 Å². The van der Waals surface area contributed by atoms with Crippen molar-refractivity contribution >= 4 is 20.8 Å². The van der Waals surface area contributed by atoms with Crippen molar-refractivity contribution in [3.8, 4) is 0 Å². The van der Waals surface area contributed by atoms with Crippen molar-refractivity contribution < 1.29 is 8.42 Å². The molecule has 0 N–H and O–H groups in total. The molecule has 2 aromatic carbocycles. The molecule has 2 aromatic rings. The molecule has 0 spiro atoms. The molecular formula is C17H23NO2S. The van der Waals surface area contributed by atoms with Crippen LogP contribution in [0.4, 0.5) is 0 Å². The molecule has 0 radical (unpaired) electrons. The van der Waals surface area contributed by atoms with Gasteiger partial charge in [-0.2, -0.15) is 4.31 Å². The predicted octanol–water partition coefficient (Wildman–Crippen LogP) is 3.89. The van der Waals surface area contributed by atoms with Gasteiger partial charge >= 0.3 is 0 Å². The first-order valence-corrected chi connectivity index (χ1v) is 8.55. The summed E-state index contributed by atoms with van der Waals surface area (Å²) < 4.78 is 27.4. The van der Waals surface area contributed by atoms with E-state index < -0.39 is 10.0 Å². The Morgan fingerprint density at radius 1 is 1.00 bits per heavy atom. The third kappa shape index (κ3) is 2.97. The van der Waals surface area contributed by atoms with Crippen LogP contribution in [0.1, 0.15) is 27.7 Å². The first kappa shape index (κ1) is 16.0. The summed E-state index contributed by atoms with van der Waals surface area (Å²) >= 11 is 0. The third-order valence-electron chi connectivity index (χ3n) is 4.21.